The van der Waals surface area contributed by atoms with E-state index in [1.807, 2.05) is 7.05 Å². The zero-order valence-electron chi connectivity index (χ0n) is 12.5. The third-order valence-corrected chi connectivity index (χ3v) is 3.52. The van der Waals surface area contributed by atoms with Crippen LogP contribution in [0.1, 0.15) is 25.8 Å². The minimum atomic E-state index is 0.141. The number of aromatic nitrogens is 2. The summed E-state index contributed by atoms with van der Waals surface area (Å²) >= 11 is 0. The van der Waals surface area contributed by atoms with E-state index >= 15 is 0 Å². The molecular formula is C14H23N5O. The van der Waals surface area contributed by atoms with Crippen molar-refractivity contribution in [2.75, 3.05) is 43.4 Å². The van der Waals surface area contributed by atoms with Crippen LogP contribution in [0.3, 0.4) is 0 Å². The van der Waals surface area contributed by atoms with Crippen LogP contribution in [0.2, 0.25) is 0 Å². The normalized spacial score (nSPS) is 15.7. The number of hydrogen-bond donors (Lipinski definition) is 1. The fraction of sp³-hybridized carbons (Fsp3) is 0.643. The van der Waals surface area contributed by atoms with E-state index in [-0.39, 0.29) is 5.91 Å². The number of piperazine rings is 1. The summed E-state index contributed by atoms with van der Waals surface area (Å²) in [4.78, 5) is 24.5. The Labute approximate surface area is 120 Å². The van der Waals surface area contributed by atoms with Crippen LogP contribution in [0.15, 0.2) is 6.33 Å². The van der Waals surface area contributed by atoms with Crippen LogP contribution in [-0.4, -0.2) is 54.0 Å². The number of anilines is 2. The van der Waals surface area contributed by atoms with Crippen LogP contribution in [0, 0.1) is 0 Å². The average molecular weight is 277 g/mol. The molecule has 0 aromatic carbocycles. The highest BCUT2D eigenvalue weighted by Crippen LogP contribution is 2.25. The maximum absolute atomic E-state index is 11.9. The summed E-state index contributed by atoms with van der Waals surface area (Å²) in [6.07, 6.45) is 3.52. The molecule has 0 unspecified atom stereocenters. The van der Waals surface area contributed by atoms with Crippen molar-refractivity contribution >= 4 is 17.5 Å². The Kier molecular flexibility index (Phi) is 4.76. The summed E-state index contributed by atoms with van der Waals surface area (Å²) < 4.78 is 0. The van der Waals surface area contributed by atoms with E-state index in [1.165, 1.54) is 0 Å². The molecule has 6 heteroatoms. The lowest BCUT2D eigenvalue weighted by Crippen LogP contribution is -2.49. The second-order valence-corrected chi connectivity index (χ2v) is 5.04. The molecule has 110 valence electrons. The number of likely N-dealkylation sites (N-methyl/N-ethyl adjacent to an activating group) is 1. The molecule has 1 fully saturated rings. The van der Waals surface area contributed by atoms with Crippen molar-refractivity contribution in [1.82, 2.24) is 14.9 Å². The highest BCUT2D eigenvalue weighted by Gasteiger charge is 2.24. The summed E-state index contributed by atoms with van der Waals surface area (Å²) in [5.74, 6) is 1.94. The van der Waals surface area contributed by atoms with Gasteiger partial charge >= 0.3 is 0 Å². The highest BCUT2D eigenvalue weighted by molar-refractivity contribution is 5.82. The summed E-state index contributed by atoms with van der Waals surface area (Å²) in [5, 5.41) is 3.29. The van der Waals surface area contributed by atoms with Gasteiger partial charge in [0, 0.05) is 32.2 Å². The second kappa shape index (κ2) is 6.54. The maximum atomic E-state index is 11.9. The first kappa shape index (κ1) is 14.6. The fourth-order valence-corrected chi connectivity index (χ4v) is 2.41. The Balaban J connectivity index is 2.30. The molecule has 1 amide bonds. The molecule has 0 bridgehead atoms. The van der Waals surface area contributed by atoms with Gasteiger partial charge in [-0.15, -0.1) is 0 Å². The van der Waals surface area contributed by atoms with Gasteiger partial charge in [-0.2, -0.15) is 0 Å². The molecule has 1 saturated heterocycles. The Morgan fingerprint density at radius 3 is 2.75 bits per heavy atom. The monoisotopic (exact) mass is 277 g/mol. The van der Waals surface area contributed by atoms with Crippen LogP contribution in [0.5, 0.6) is 0 Å². The van der Waals surface area contributed by atoms with Gasteiger partial charge in [-0.25, -0.2) is 9.97 Å². The Morgan fingerprint density at radius 2 is 2.10 bits per heavy atom. The van der Waals surface area contributed by atoms with Crippen LogP contribution >= 0.6 is 0 Å². The third kappa shape index (κ3) is 3.00. The minimum absolute atomic E-state index is 0.141. The molecule has 2 heterocycles. The van der Waals surface area contributed by atoms with Gasteiger partial charge in [-0.05, 0) is 13.3 Å². The zero-order valence-corrected chi connectivity index (χ0v) is 12.5. The molecule has 1 aliphatic rings. The molecule has 6 nitrogen and oxygen atoms in total. The number of rotatable bonds is 5. The van der Waals surface area contributed by atoms with E-state index in [4.69, 9.17) is 0 Å². The first-order valence-electron chi connectivity index (χ1n) is 7.24. The van der Waals surface area contributed by atoms with Gasteiger partial charge in [0.2, 0.25) is 5.91 Å². The second-order valence-electron chi connectivity index (χ2n) is 5.04. The van der Waals surface area contributed by atoms with Crippen molar-refractivity contribution in [1.29, 1.82) is 0 Å². The highest BCUT2D eigenvalue weighted by atomic mass is 16.2. The minimum Gasteiger partial charge on any atom is -0.370 e. The third-order valence-electron chi connectivity index (χ3n) is 3.52. The van der Waals surface area contributed by atoms with Crippen molar-refractivity contribution in [3.8, 4) is 0 Å². The molecule has 0 saturated carbocycles. The van der Waals surface area contributed by atoms with Gasteiger partial charge in [0.05, 0.1) is 6.54 Å². The maximum Gasteiger partial charge on any atom is 0.241 e. The topological polar surface area (TPSA) is 61.4 Å². The molecular weight excluding hydrogens is 254 g/mol. The molecule has 0 aliphatic carbocycles. The van der Waals surface area contributed by atoms with E-state index in [0.29, 0.717) is 6.54 Å². The first-order valence-corrected chi connectivity index (χ1v) is 7.24. The number of amides is 1. The Bertz CT molecular complexity index is 477. The lowest BCUT2D eigenvalue weighted by atomic mass is 10.1. The molecule has 1 aromatic rings. The number of carbonyl (C=O) groups is 1. The lowest BCUT2D eigenvalue weighted by molar-refractivity contribution is -0.129. The number of carbonyl (C=O) groups excluding carboxylic acids is 1. The molecule has 1 N–H and O–H groups in total. The SMILES string of the molecule is CCCc1c(NCC)ncnc1N1CCN(C)C(=O)C1. The number of nitrogens with zero attached hydrogens (tertiary/aromatic N) is 4. The Morgan fingerprint density at radius 1 is 1.30 bits per heavy atom. The van der Waals surface area contributed by atoms with E-state index in [1.54, 1.807) is 11.2 Å². The van der Waals surface area contributed by atoms with Gasteiger partial charge in [0.25, 0.3) is 0 Å². The quantitative estimate of drug-likeness (QED) is 0.874. The lowest BCUT2D eigenvalue weighted by Gasteiger charge is -2.34. The molecule has 0 atom stereocenters. The van der Waals surface area contributed by atoms with Crippen molar-refractivity contribution in [2.24, 2.45) is 0 Å². The molecule has 1 aliphatic heterocycles. The summed E-state index contributed by atoms with van der Waals surface area (Å²) in [5.41, 5.74) is 1.12. The van der Waals surface area contributed by atoms with Crippen LogP contribution in [0.4, 0.5) is 11.6 Å². The van der Waals surface area contributed by atoms with Crippen LogP contribution in [0.25, 0.3) is 0 Å². The van der Waals surface area contributed by atoms with Gasteiger partial charge < -0.3 is 15.1 Å². The predicted octanol–water partition coefficient (Wildman–Crippen LogP) is 1.14. The van der Waals surface area contributed by atoms with Crippen molar-refractivity contribution in [3.05, 3.63) is 11.9 Å². The van der Waals surface area contributed by atoms with Gasteiger partial charge in [-0.1, -0.05) is 13.3 Å². The number of nitrogens with one attached hydrogen (secondary N) is 1. The Hall–Kier alpha value is -1.85. The average Bonchev–Trinajstić information content (AvgIpc) is 2.44. The standard InChI is InChI=1S/C14H23N5O/c1-4-6-11-13(15-5-2)16-10-17-14(11)19-8-7-18(3)12(20)9-19/h10H,4-9H2,1-3H3,(H,15,16,17). The van der Waals surface area contributed by atoms with Gasteiger partial charge in [0.15, 0.2) is 0 Å². The van der Waals surface area contributed by atoms with E-state index in [2.05, 4.69) is 34.0 Å². The zero-order chi connectivity index (χ0) is 14.5. The molecule has 20 heavy (non-hydrogen) atoms. The van der Waals surface area contributed by atoms with Crippen LogP contribution < -0.4 is 10.2 Å². The molecule has 2 rings (SSSR count). The summed E-state index contributed by atoms with van der Waals surface area (Å²) in [6.45, 7) is 6.98. The molecule has 1 aromatic heterocycles. The van der Waals surface area contributed by atoms with Gasteiger partial charge in [-0.3, -0.25) is 4.79 Å². The van der Waals surface area contributed by atoms with E-state index < -0.39 is 0 Å². The van der Waals surface area contributed by atoms with Crippen molar-refractivity contribution in [3.63, 3.8) is 0 Å². The molecule has 0 radical (unpaired) electrons. The summed E-state index contributed by atoms with van der Waals surface area (Å²) in [7, 11) is 1.84. The van der Waals surface area contributed by atoms with E-state index in [9.17, 15) is 4.79 Å². The predicted molar refractivity (Wildman–Crippen MR) is 80.0 cm³/mol. The summed E-state index contributed by atoms with van der Waals surface area (Å²) in [6, 6.07) is 0. The van der Waals surface area contributed by atoms with Crippen molar-refractivity contribution < 1.29 is 4.79 Å². The smallest absolute Gasteiger partial charge is 0.241 e. The fourth-order valence-electron chi connectivity index (χ4n) is 2.41. The van der Waals surface area contributed by atoms with Gasteiger partial charge in [0.1, 0.15) is 18.0 Å². The molecule has 0 spiro atoms. The van der Waals surface area contributed by atoms with Crippen LogP contribution in [-0.2, 0) is 11.2 Å². The van der Waals surface area contributed by atoms with Crippen molar-refractivity contribution in [2.45, 2.75) is 26.7 Å². The number of hydrogen-bond acceptors (Lipinski definition) is 5. The largest absolute Gasteiger partial charge is 0.370 e. The first-order chi connectivity index (χ1) is 9.67. The van der Waals surface area contributed by atoms with E-state index in [0.717, 1.165) is 49.7 Å².